The lowest BCUT2D eigenvalue weighted by molar-refractivity contribution is -0.132. The van der Waals surface area contributed by atoms with Gasteiger partial charge in [0.15, 0.2) is 0 Å². The maximum absolute atomic E-state index is 12.6. The molecule has 0 radical (unpaired) electrons. The molecule has 0 aliphatic carbocycles. The summed E-state index contributed by atoms with van der Waals surface area (Å²) < 4.78 is 0. The summed E-state index contributed by atoms with van der Waals surface area (Å²) in [5.74, 6) is 0.593. The number of fused-ring (bicyclic) bond motifs is 2. The highest BCUT2D eigenvalue weighted by Gasteiger charge is 2.24. The van der Waals surface area contributed by atoms with Crippen LogP contribution >= 0.6 is 11.3 Å². The van der Waals surface area contributed by atoms with E-state index < -0.39 is 0 Å². The lowest BCUT2D eigenvalue weighted by atomic mass is 9.95. The van der Waals surface area contributed by atoms with Gasteiger partial charge in [0.05, 0.1) is 18.8 Å². The topological polar surface area (TPSA) is 52.2 Å². The number of aromatic nitrogens is 2. The normalized spacial score (nSPS) is 13.8. The summed E-state index contributed by atoms with van der Waals surface area (Å²) in [6.07, 6.45) is 0.930. The third-order valence-electron chi connectivity index (χ3n) is 6.76. The van der Waals surface area contributed by atoms with Crippen LogP contribution in [0.3, 0.4) is 0 Å². The van der Waals surface area contributed by atoms with E-state index in [9.17, 15) is 4.79 Å². The average Bonchev–Trinajstić information content (AvgIpc) is 3.38. The highest BCUT2D eigenvalue weighted by atomic mass is 32.1. The number of nitrogens with zero attached hydrogens (tertiary/aromatic N) is 3. The van der Waals surface area contributed by atoms with Crippen molar-refractivity contribution in [2.75, 3.05) is 27.2 Å². The molecule has 0 unspecified atom stereocenters. The Balaban J connectivity index is 1.52. The summed E-state index contributed by atoms with van der Waals surface area (Å²) in [4.78, 5) is 27.4. The first kappa shape index (κ1) is 23.8. The quantitative estimate of drug-likeness (QED) is 0.368. The molecule has 3 aromatic heterocycles. The highest BCUT2D eigenvalue weighted by Crippen LogP contribution is 2.40. The van der Waals surface area contributed by atoms with Gasteiger partial charge in [-0.15, -0.1) is 11.3 Å². The van der Waals surface area contributed by atoms with Gasteiger partial charge < -0.3 is 14.8 Å². The number of hydrogen-bond donors (Lipinski definition) is 1. The number of aromatic amines is 1. The zero-order valence-electron chi connectivity index (χ0n) is 21.5. The maximum atomic E-state index is 12.6. The van der Waals surface area contributed by atoms with Crippen LogP contribution in [-0.4, -0.2) is 52.9 Å². The minimum atomic E-state index is 0.208. The summed E-state index contributed by atoms with van der Waals surface area (Å²) in [7, 11) is 3.89. The van der Waals surface area contributed by atoms with Crippen molar-refractivity contribution in [1.29, 1.82) is 0 Å². The molecule has 0 fully saturated rings. The first-order chi connectivity index (χ1) is 16.7. The maximum Gasteiger partial charge on any atom is 0.237 e. The van der Waals surface area contributed by atoms with Gasteiger partial charge in [-0.2, -0.15) is 0 Å². The van der Waals surface area contributed by atoms with Gasteiger partial charge in [-0.25, -0.2) is 0 Å². The summed E-state index contributed by atoms with van der Waals surface area (Å²) in [5, 5.41) is 1.29. The highest BCUT2D eigenvalue weighted by molar-refractivity contribution is 7.15. The molecule has 0 spiro atoms. The predicted molar refractivity (Wildman–Crippen MR) is 146 cm³/mol. The van der Waals surface area contributed by atoms with Crippen LogP contribution in [0.4, 0.5) is 0 Å². The fourth-order valence-electron chi connectivity index (χ4n) is 5.22. The smallest absolute Gasteiger partial charge is 0.237 e. The van der Waals surface area contributed by atoms with E-state index in [4.69, 9.17) is 0 Å². The van der Waals surface area contributed by atoms with E-state index in [2.05, 4.69) is 74.1 Å². The number of nitrogens with one attached hydrogen (secondary N) is 1. The molecule has 5 rings (SSSR count). The Kier molecular flexibility index (Phi) is 6.28. The van der Waals surface area contributed by atoms with Crippen molar-refractivity contribution in [3.63, 3.8) is 0 Å². The number of aryl methyl sites for hydroxylation is 2. The van der Waals surface area contributed by atoms with Crippen molar-refractivity contribution in [1.82, 2.24) is 19.8 Å². The number of hydrogen-bond acceptors (Lipinski definition) is 4. The summed E-state index contributed by atoms with van der Waals surface area (Å²) in [6, 6.07) is 13.5. The first-order valence-corrected chi connectivity index (χ1v) is 13.2. The zero-order chi connectivity index (χ0) is 24.9. The summed E-state index contributed by atoms with van der Waals surface area (Å²) in [6.45, 7) is 10.6. The van der Waals surface area contributed by atoms with Gasteiger partial charge in [0.1, 0.15) is 0 Å². The molecule has 6 heteroatoms. The van der Waals surface area contributed by atoms with Gasteiger partial charge in [-0.3, -0.25) is 9.78 Å². The zero-order valence-corrected chi connectivity index (χ0v) is 22.3. The molecule has 182 valence electrons. The van der Waals surface area contributed by atoms with Crippen LogP contribution in [-0.2, 0) is 17.8 Å². The largest absolute Gasteiger partial charge is 0.354 e. The van der Waals surface area contributed by atoms with Gasteiger partial charge in [0.25, 0.3) is 0 Å². The Morgan fingerprint density at radius 3 is 2.54 bits per heavy atom. The molecule has 4 heterocycles. The van der Waals surface area contributed by atoms with Crippen molar-refractivity contribution in [2.24, 2.45) is 0 Å². The summed E-state index contributed by atoms with van der Waals surface area (Å²) in [5.41, 5.74) is 9.63. The van der Waals surface area contributed by atoms with Crippen LogP contribution in [0.25, 0.3) is 32.6 Å². The number of pyridine rings is 1. The molecule has 1 N–H and O–H groups in total. The fourth-order valence-corrected chi connectivity index (χ4v) is 6.44. The van der Waals surface area contributed by atoms with E-state index in [0.29, 0.717) is 12.5 Å². The van der Waals surface area contributed by atoms with E-state index in [1.165, 1.54) is 48.6 Å². The molecule has 35 heavy (non-hydrogen) atoms. The molecular weight excluding hydrogens is 452 g/mol. The molecule has 5 nitrogen and oxygen atoms in total. The Morgan fingerprint density at radius 2 is 1.86 bits per heavy atom. The Hall–Kier alpha value is -2.96. The van der Waals surface area contributed by atoms with E-state index in [1.54, 1.807) is 0 Å². The van der Waals surface area contributed by atoms with Crippen LogP contribution in [0.2, 0.25) is 0 Å². The standard InChI is InChI=1S/C29H34N4OS/c1-17(2)28-23-13-20(7-8-24(23)31-29(28)22-11-18(3)30-19(4)12-22)25-14-21-9-10-33(15-26(21)35-25)27(34)16-32(5)6/h7-8,11-14,17,31H,9-10,15-16H2,1-6H3. The van der Waals surface area contributed by atoms with Gasteiger partial charge in [-0.1, -0.05) is 19.9 Å². The number of carbonyl (C=O) groups excluding carboxylic acids is 1. The molecule has 0 saturated heterocycles. The molecule has 0 bridgehead atoms. The van der Waals surface area contributed by atoms with Gasteiger partial charge in [-0.05, 0) is 87.3 Å². The van der Waals surface area contributed by atoms with Crippen molar-refractivity contribution >= 4 is 28.1 Å². The third-order valence-corrected chi connectivity index (χ3v) is 7.97. The monoisotopic (exact) mass is 486 g/mol. The Morgan fingerprint density at radius 1 is 1.11 bits per heavy atom. The SMILES string of the molecule is Cc1cc(-c2[nH]c3ccc(-c4cc5c(s4)CN(C(=O)CN(C)C)CC5)cc3c2C(C)C)cc(C)n1. The van der Waals surface area contributed by atoms with E-state index in [1.807, 2.05) is 35.2 Å². The van der Waals surface area contributed by atoms with E-state index >= 15 is 0 Å². The van der Waals surface area contributed by atoms with Crippen molar-refractivity contribution in [3.8, 4) is 21.7 Å². The van der Waals surface area contributed by atoms with Crippen molar-refractivity contribution < 1.29 is 4.79 Å². The molecule has 0 saturated carbocycles. The van der Waals surface area contributed by atoms with E-state index in [0.717, 1.165) is 30.9 Å². The van der Waals surface area contributed by atoms with Crippen LogP contribution in [0.1, 0.15) is 47.2 Å². The van der Waals surface area contributed by atoms with Crippen LogP contribution < -0.4 is 0 Å². The Labute approximate surface area is 211 Å². The number of likely N-dealkylation sites (N-methyl/N-ethyl adjacent to an activating group) is 1. The predicted octanol–water partition coefficient (Wildman–Crippen LogP) is 6.14. The molecular formula is C29H34N4OS. The molecule has 1 amide bonds. The molecule has 4 aromatic rings. The minimum Gasteiger partial charge on any atom is -0.354 e. The second-order valence-electron chi connectivity index (χ2n) is 10.3. The molecule has 1 aliphatic heterocycles. The van der Waals surface area contributed by atoms with Crippen LogP contribution in [0, 0.1) is 13.8 Å². The number of thiophene rings is 1. The lowest BCUT2D eigenvalue weighted by Crippen LogP contribution is -2.40. The first-order valence-electron chi connectivity index (χ1n) is 12.4. The fraction of sp³-hybridized carbons (Fsp3) is 0.379. The van der Waals surface area contributed by atoms with Gasteiger partial charge in [0, 0.05) is 44.2 Å². The Bertz CT molecular complexity index is 1390. The molecule has 0 atom stereocenters. The minimum absolute atomic E-state index is 0.208. The summed E-state index contributed by atoms with van der Waals surface area (Å²) >= 11 is 1.83. The number of carbonyl (C=O) groups is 1. The van der Waals surface area contributed by atoms with Gasteiger partial charge >= 0.3 is 0 Å². The second-order valence-corrected chi connectivity index (χ2v) is 11.5. The van der Waals surface area contributed by atoms with Gasteiger partial charge in [0.2, 0.25) is 5.91 Å². The van der Waals surface area contributed by atoms with Crippen LogP contribution in [0.15, 0.2) is 36.4 Å². The lowest BCUT2D eigenvalue weighted by Gasteiger charge is -2.28. The van der Waals surface area contributed by atoms with Crippen LogP contribution in [0.5, 0.6) is 0 Å². The molecule has 1 aliphatic rings. The second kappa shape index (κ2) is 9.25. The van der Waals surface area contributed by atoms with E-state index in [-0.39, 0.29) is 5.91 Å². The number of amides is 1. The molecule has 1 aromatic carbocycles. The average molecular weight is 487 g/mol. The number of benzene rings is 1. The third kappa shape index (κ3) is 4.65. The van der Waals surface area contributed by atoms with Crippen molar-refractivity contribution in [2.45, 2.75) is 46.6 Å². The number of H-pyrrole nitrogens is 1. The number of rotatable bonds is 5. The van der Waals surface area contributed by atoms with Crippen molar-refractivity contribution in [3.05, 3.63) is 63.8 Å².